The van der Waals surface area contributed by atoms with Gasteiger partial charge in [0.25, 0.3) is 0 Å². The Bertz CT molecular complexity index is 2460. The van der Waals surface area contributed by atoms with Gasteiger partial charge in [0, 0.05) is 44.7 Å². The van der Waals surface area contributed by atoms with Crippen molar-refractivity contribution in [2.45, 2.75) is 0 Å². The highest BCUT2D eigenvalue weighted by Crippen LogP contribution is 2.46. The average Bonchev–Trinajstić information content (AvgIpc) is 3.65. The first-order valence-electron chi connectivity index (χ1n) is 14.9. The van der Waals surface area contributed by atoms with Crippen molar-refractivity contribution in [3.05, 3.63) is 158 Å². The van der Waals surface area contributed by atoms with Gasteiger partial charge in [-0.15, -0.1) is 0 Å². The van der Waals surface area contributed by atoms with Crippen molar-refractivity contribution in [1.82, 2.24) is 9.55 Å². The zero-order valence-corrected chi connectivity index (χ0v) is 23.8. The summed E-state index contributed by atoms with van der Waals surface area (Å²) in [5, 5.41) is 4.55. The molecule has 9 aromatic rings. The Morgan fingerprint density at radius 3 is 2.05 bits per heavy atom. The minimum Gasteiger partial charge on any atom is -0.455 e. The SMILES string of the molecule is c1ccc(-c2oc3c(ccc4c3c3ccccc3n4-c3ccc(-c4cccc5cccnc45)cc3)c2-c2ccccc2)cc1. The Labute approximate surface area is 254 Å². The number of hydrogen-bond acceptors (Lipinski definition) is 2. The Morgan fingerprint density at radius 1 is 0.500 bits per heavy atom. The van der Waals surface area contributed by atoms with E-state index in [1.54, 1.807) is 0 Å². The topological polar surface area (TPSA) is 31.0 Å². The summed E-state index contributed by atoms with van der Waals surface area (Å²) < 4.78 is 9.26. The Morgan fingerprint density at radius 2 is 1.23 bits per heavy atom. The molecule has 0 amide bonds. The van der Waals surface area contributed by atoms with E-state index in [4.69, 9.17) is 4.42 Å². The van der Waals surface area contributed by atoms with Crippen LogP contribution < -0.4 is 0 Å². The number of pyridine rings is 1. The van der Waals surface area contributed by atoms with Gasteiger partial charge in [-0.25, -0.2) is 0 Å². The number of rotatable bonds is 4. The molecule has 3 heteroatoms. The first-order valence-corrected chi connectivity index (χ1v) is 14.9. The van der Waals surface area contributed by atoms with E-state index in [9.17, 15) is 0 Å². The van der Waals surface area contributed by atoms with E-state index in [2.05, 4.69) is 149 Å². The molecule has 0 aliphatic rings. The number of furan rings is 1. The highest BCUT2D eigenvalue weighted by Gasteiger charge is 2.23. The van der Waals surface area contributed by atoms with Crippen molar-refractivity contribution in [2.24, 2.45) is 0 Å². The third-order valence-electron chi connectivity index (χ3n) is 8.66. The van der Waals surface area contributed by atoms with Gasteiger partial charge in [-0.05, 0) is 47.5 Å². The summed E-state index contributed by atoms with van der Waals surface area (Å²) in [6.45, 7) is 0. The maximum Gasteiger partial charge on any atom is 0.145 e. The second-order valence-electron chi connectivity index (χ2n) is 11.2. The molecule has 0 N–H and O–H groups in total. The number of nitrogens with zero attached hydrogens (tertiary/aromatic N) is 2. The van der Waals surface area contributed by atoms with Gasteiger partial charge in [0.15, 0.2) is 0 Å². The van der Waals surface area contributed by atoms with E-state index in [-0.39, 0.29) is 0 Å². The molecule has 0 radical (unpaired) electrons. The first-order chi connectivity index (χ1) is 21.8. The van der Waals surface area contributed by atoms with Gasteiger partial charge < -0.3 is 8.98 Å². The maximum atomic E-state index is 6.91. The van der Waals surface area contributed by atoms with Crippen molar-refractivity contribution in [3.63, 3.8) is 0 Å². The fourth-order valence-corrected chi connectivity index (χ4v) is 6.70. The molecule has 0 aliphatic carbocycles. The van der Waals surface area contributed by atoms with Crippen LogP contribution in [0.25, 0.3) is 82.9 Å². The van der Waals surface area contributed by atoms with Gasteiger partial charge in [-0.2, -0.15) is 0 Å². The van der Waals surface area contributed by atoms with Crippen LogP contribution in [0, 0.1) is 0 Å². The molecule has 0 saturated carbocycles. The van der Waals surface area contributed by atoms with Crippen LogP contribution in [-0.4, -0.2) is 9.55 Å². The van der Waals surface area contributed by atoms with E-state index < -0.39 is 0 Å². The van der Waals surface area contributed by atoms with Crippen molar-refractivity contribution in [3.8, 4) is 39.3 Å². The van der Waals surface area contributed by atoms with Crippen LogP contribution in [0.5, 0.6) is 0 Å². The highest BCUT2D eigenvalue weighted by atomic mass is 16.3. The lowest BCUT2D eigenvalue weighted by Crippen LogP contribution is -1.94. The van der Waals surface area contributed by atoms with Crippen LogP contribution in [0.4, 0.5) is 0 Å². The predicted molar refractivity (Wildman–Crippen MR) is 182 cm³/mol. The molecule has 0 fully saturated rings. The standard InChI is InChI=1S/C41H26N2O/c1-3-11-28(12-4-1)37-34-24-25-36-38(41(34)44-40(37)30-13-5-2-6-14-30)33-17-7-8-19-35(33)43(36)31-22-20-27(21-23-31)32-18-9-15-29-16-10-26-42-39(29)32/h1-26H. The number of benzene rings is 6. The monoisotopic (exact) mass is 562 g/mol. The number of hydrogen-bond donors (Lipinski definition) is 0. The molecule has 9 rings (SSSR count). The largest absolute Gasteiger partial charge is 0.455 e. The lowest BCUT2D eigenvalue weighted by Gasteiger charge is -2.10. The van der Waals surface area contributed by atoms with E-state index >= 15 is 0 Å². The summed E-state index contributed by atoms with van der Waals surface area (Å²) in [5.74, 6) is 0.893. The molecular weight excluding hydrogens is 536 g/mol. The molecule has 3 nitrogen and oxygen atoms in total. The molecule has 3 aromatic heterocycles. The zero-order valence-electron chi connectivity index (χ0n) is 23.8. The minimum atomic E-state index is 0.893. The minimum absolute atomic E-state index is 0.893. The van der Waals surface area contributed by atoms with E-state index in [1.807, 2.05) is 18.3 Å². The third-order valence-corrected chi connectivity index (χ3v) is 8.66. The van der Waals surface area contributed by atoms with E-state index in [0.717, 1.165) is 77.6 Å². The zero-order chi connectivity index (χ0) is 29.0. The summed E-state index contributed by atoms with van der Waals surface area (Å²) >= 11 is 0. The van der Waals surface area contributed by atoms with Crippen LogP contribution in [0.1, 0.15) is 0 Å². The van der Waals surface area contributed by atoms with Crippen LogP contribution in [0.2, 0.25) is 0 Å². The number of fused-ring (bicyclic) bond motifs is 6. The van der Waals surface area contributed by atoms with Crippen molar-refractivity contribution in [2.75, 3.05) is 0 Å². The molecule has 6 aromatic carbocycles. The first kappa shape index (κ1) is 24.6. The molecule has 44 heavy (non-hydrogen) atoms. The molecule has 3 heterocycles. The smallest absolute Gasteiger partial charge is 0.145 e. The molecule has 0 bridgehead atoms. The van der Waals surface area contributed by atoms with E-state index in [0.29, 0.717) is 0 Å². The summed E-state index contributed by atoms with van der Waals surface area (Å²) in [7, 11) is 0. The summed E-state index contributed by atoms with van der Waals surface area (Å²) in [6, 6.07) is 53.3. The fourth-order valence-electron chi connectivity index (χ4n) is 6.70. The highest BCUT2D eigenvalue weighted by molar-refractivity contribution is 6.22. The lowest BCUT2D eigenvalue weighted by atomic mass is 9.98. The fraction of sp³-hybridized carbons (Fsp3) is 0. The Hall–Kier alpha value is -5.93. The van der Waals surface area contributed by atoms with Crippen LogP contribution in [0.3, 0.4) is 0 Å². The molecule has 0 spiro atoms. The second-order valence-corrected chi connectivity index (χ2v) is 11.2. The van der Waals surface area contributed by atoms with Crippen LogP contribution >= 0.6 is 0 Å². The van der Waals surface area contributed by atoms with Gasteiger partial charge in [-0.3, -0.25) is 4.98 Å². The molecular formula is C41H26N2O. The van der Waals surface area contributed by atoms with Gasteiger partial charge in [0.2, 0.25) is 0 Å². The van der Waals surface area contributed by atoms with Gasteiger partial charge in [0.05, 0.1) is 21.9 Å². The van der Waals surface area contributed by atoms with Gasteiger partial charge in [0.1, 0.15) is 11.3 Å². The quantitative estimate of drug-likeness (QED) is 0.214. The number of para-hydroxylation sites is 2. The summed E-state index contributed by atoms with van der Waals surface area (Å²) in [4.78, 5) is 4.68. The maximum absolute atomic E-state index is 6.91. The van der Waals surface area contributed by atoms with E-state index in [1.165, 1.54) is 5.39 Å². The molecule has 0 unspecified atom stereocenters. The van der Waals surface area contributed by atoms with Crippen molar-refractivity contribution >= 4 is 43.7 Å². The van der Waals surface area contributed by atoms with Crippen molar-refractivity contribution in [1.29, 1.82) is 0 Å². The Balaban J connectivity index is 1.29. The third kappa shape index (κ3) is 3.73. The summed E-state index contributed by atoms with van der Waals surface area (Å²) in [5.41, 5.74) is 10.9. The number of aromatic nitrogens is 2. The van der Waals surface area contributed by atoms with Crippen LogP contribution in [-0.2, 0) is 0 Å². The average molecular weight is 563 g/mol. The predicted octanol–water partition coefficient (Wildman–Crippen LogP) is 11.1. The lowest BCUT2D eigenvalue weighted by molar-refractivity contribution is 0.636. The normalized spacial score (nSPS) is 11.6. The van der Waals surface area contributed by atoms with Crippen LogP contribution in [0.15, 0.2) is 162 Å². The molecule has 0 atom stereocenters. The Kier molecular flexibility index (Phi) is 5.50. The van der Waals surface area contributed by atoms with Gasteiger partial charge >= 0.3 is 0 Å². The molecule has 0 saturated heterocycles. The molecule has 206 valence electrons. The summed E-state index contributed by atoms with van der Waals surface area (Å²) in [6.07, 6.45) is 1.86. The molecule has 0 aliphatic heterocycles. The van der Waals surface area contributed by atoms with Gasteiger partial charge in [-0.1, -0.05) is 115 Å². The second kappa shape index (κ2) is 9.82. The van der Waals surface area contributed by atoms with Crippen molar-refractivity contribution < 1.29 is 4.42 Å².